The predicted molar refractivity (Wildman–Crippen MR) is 84.9 cm³/mol. The minimum Gasteiger partial charge on any atom is -0.368 e. The van der Waals surface area contributed by atoms with Crippen LogP contribution in [-0.2, 0) is 14.4 Å². The molecule has 3 amide bonds. The zero-order valence-electron chi connectivity index (χ0n) is 11.4. The smallest absolute Gasteiger partial charge is 0.239 e. The number of primary amides is 1. The summed E-state index contributed by atoms with van der Waals surface area (Å²) in [6.45, 7) is 0.544. The number of rotatable bonds is 11. The molecule has 20 heavy (non-hydrogen) atoms. The molecule has 0 aromatic carbocycles. The van der Waals surface area contributed by atoms with Gasteiger partial charge < -0.3 is 16.4 Å². The van der Waals surface area contributed by atoms with Gasteiger partial charge in [0.05, 0.1) is 0 Å². The second-order valence-electron chi connectivity index (χ2n) is 4.32. The fourth-order valence-corrected chi connectivity index (χ4v) is 1.95. The number of nitrogens with two attached hydrogens (primary N) is 1. The van der Waals surface area contributed by atoms with Crippen LogP contribution in [0.5, 0.6) is 0 Å². The third kappa shape index (κ3) is 9.96. The van der Waals surface area contributed by atoms with Crippen molar-refractivity contribution in [1.29, 1.82) is 0 Å². The summed E-state index contributed by atoms with van der Waals surface area (Å²) < 4.78 is 0. The molecule has 0 aliphatic carbocycles. The average Bonchev–Trinajstić information content (AvgIpc) is 2.37. The summed E-state index contributed by atoms with van der Waals surface area (Å²) in [7, 11) is 0. The zero-order chi connectivity index (χ0) is 15.4. The lowest BCUT2D eigenvalue weighted by Crippen LogP contribution is -2.44. The summed E-state index contributed by atoms with van der Waals surface area (Å²) in [6, 6.07) is -0.657. The van der Waals surface area contributed by atoms with Gasteiger partial charge in [-0.2, -0.15) is 25.3 Å². The number of amides is 3. The van der Waals surface area contributed by atoms with Gasteiger partial charge in [0.25, 0.3) is 0 Å². The van der Waals surface area contributed by atoms with E-state index in [1.165, 1.54) is 0 Å². The lowest BCUT2D eigenvalue weighted by Gasteiger charge is -2.15. The van der Waals surface area contributed by atoms with E-state index in [-0.39, 0.29) is 18.2 Å². The van der Waals surface area contributed by atoms with E-state index in [9.17, 15) is 14.4 Å². The van der Waals surface area contributed by atoms with Crippen LogP contribution in [0, 0.1) is 0 Å². The molecule has 0 radical (unpaired) electrons. The summed E-state index contributed by atoms with van der Waals surface area (Å²) in [5.41, 5.74) is 5.23. The highest BCUT2D eigenvalue weighted by atomic mass is 32.1. The molecule has 0 heterocycles. The fraction of sp³-hybridized carbons (Fsp3) is 0.750. The lowest BCUT2D eigenvalue weighted by atomic mass is 10.1. The summed E-state index contributed by atoms with van der Waals surface area (Å²) in [4.78, 5) is 33.7. The van der Waals surface area contributed by atoms with Crippen molar-refractivity contribution in [2.24, 2.45) is 5.73 Å². The Morgan fingerprint density at radius 2 is 1.60 bits per heavy atom. The Bertz CT molecular complexity index is 327. The first-order chi connectivity index (χ1) is 9.51. The highest BCUT2D eigenvalue weighted by molar-refractivity contribution is 7.80. The number of hydrogen-bond donors (Lipinski definition) is 5. The largest absolute Gasteiger partial charge is 0.368 e. The van der Waals surface area contributed by atoms with Crippen LogP contribution in [0.4, 0.5) is 0 Å². The first kappa shape index (κ1) is 19.1. The van der Waals surface area contributed by atoms with Crippen molar-refractivity contribution in [2.75, 3.05) is 18.1 Å². The van der Waals surface area contributed by atoms with Crippen molar-refractivity contribution in [3.63, 3.8) is 0 Å². The Balaban J connectivity index is 3.84. The van der Waals surface area contributed by atoms with Crippen molar-refractivity contribution in [3.8, 4) is 0 Å². The molecule has 0 spiro atoms. The minimum atomic E-state index is -0.657. The van der Waals surface area contributed by atoms with Crippen LogP contribution in [0.25, 0.3) is 0 Å². The minimum absolute atomic E-state index is 0.0338. The molecule has 1 atom stereocenters. The topological polar surface area (TPSA) is 101 Å². The van der Waals surface area contributed by atoms with E-state index < -0.39 is 11.9 Å². The number of carbonyl (C=O) groups excluding carboxylic acids is 3. The summed E-state index contributed by atoms with van der Waals surface area (Å²) >= 11 is 7.91. The number of nitrogens with one attached hydrogen (secondary N) is 2. The summed E-state index contributed by atoms with van der Waals surface area (Å²) in [6.07, 6.45) is 2.54. The lowest BCUT2D eigenvalue weighted by molar-refractivity contribution is -0.127. The third-order valence-corrected chi connectivity index (χ3v) is 3.05. The van der Waals surface area contributed by atoms with Crippen LogP contribution in [0.2, 0.25) is 0 Å². The summed E-state index contributed by atoms with van der Waals surface area (Å²) in [5, 5.41) is 5.32. The van der Waals surface area contributed by atoms with Gasteiger partial charge >= 0.3 is 0 Å². The van der Waals surface area contributed by atoms with Gasteiger partial charge in [0, 0.05) is 19.4 Å². The van der Waals surface area contributed by atoms with Crippen LogP contribution >= 0.6 is 25.3 Å². The normalized spacial score (nSPS) is 11.7. The van der Waals surface area contributed by atoms with E-state index in [0.717, 1.165) is 6.42 Å². The standard InChI is InChI=1S/C12H23N3O3S2/c13-12(18)9(15-11(17)5-8-20)3-1-2-6-14-10(16)4-7-19/h9,19-20H,1-8H2,(H2,13,18)(H,14,16)(H,15,17). The Morgan fingerprint density at radius 1 is 1.00 bits per heavy atom. The van der Waals surface area contributed by atoms with Gasteiger partial charge in [0.15, 0.2) is 0 Å². The van der Waals surface area contributed by atoms with Gasteiger partial charge in [-0.25, -0.2) is 0 Å². The average molecular weight is 321 g/mol. The molecule has 8 heteroatoms. The van der Waals surface area contributed by atoms with E-state index in [4.69, 9.17) is 5.73 Å². The molecular formula is C12H23N3O3S2. The molecule has 0 aliphatic rings. The van der Waals surface area contributed by atoms with Gasteiger partial charge in [-0.15, -0.1) is 0 Å². The van der Waals surface area contributed by atoms with Gasteiger partial charge in [-0.3, -0.25) is 14.4 Å². The van der Waals surface area contributed by atoms with Crippen molar-refractivity contribution in [1.82, 2.24) is 10.6 Å². The van der Waals surface area contributed by atoms with E-state index in [1.807, 2.05) is 0 Å². The number of hydrogen-bond acceptors (Lipinski definition) is 5. The first-order valence-corrected chi connectivity index (χ1v) is 7.84. The molecule has 0 saturated heterocycles. The molecule has 4 N–H and O–H groups in total. The van der Waals surface area contributed by atoms with Gasteiger partial charge in [0.1, 0.15) is 6.04 Å². The van der Waals surface area contributed by atoms with Gasteiger partial charge in [-0.05, 0) is 30.8 Å². The molecule has 0 aliphatic heterocycles. The predicted octanol–water partition coefficient (Wildman–Crippen LogP) is -0.117. The molecule has 1 unspecified atom stereocenters. The Kier molecular flexibility index (Phi) is 11.4. The molecule has 0 rings (SSSR count). The van der Waals surface area contributed by atoms with Gasteiger partial charge in [-0.1, -0.05) is 0 Å². The maximum atomic E-state index is 11.4. The Morgan fingerprint density at radius 3 is 2.15 bits per heavy atom. The molecule has 0 aromatic heterocycles. The highest BCUT2D eigenvalue weighted by Gasteiger charge is 2.16. The van der Waals surface area contributed by atoms with Crippen molar-refractivity contribution >= 4 is 43.0 Å². The van der Waals surface area contributed by atoms with Crippen LogP contribution in [-0.4, -0.2) is 41.8 Å². The molecule has 0 aromatic rings. The van der Waals surface area contributed by atoms with Crippen molar-refractivity contribution < 1.29 is 14.4 Å². The van der Waals surface area contributed by atoms with Crippen LogP contribution < -0.4 is 16.4 Å². The Hall–Kier alpha value is -0.890. The molecule has 116 valence electrons. The van der Waals surface area contributed by atoms with Crippen LogP contribution in [0.15, 0.2) is 0 Å². The van der Waals surface area contributed by atoms with Crippen LogP contribution in [0.1, 0.15) is 32.1 Å². The number of unbranched alkanes of at least 4 members (excludes halogenated alkanes) is 1. The fourth-order valence-electron chi connectivity index (χ4n) is 1.54. The second-order valence-corrected chi connectivity index (χ2v) is 5.21. The van der Waals surface area contributed by atoms with Crippen LogP contribution in [0.3, 0.4) is 0 Å². The maximum Gasteiger partial charge on any atom is 0.239 e. The van der Waals surface area contributed by atoms with E-state index >= 15 is 0 Å². The van der Waals surface area contributed by atoms with E-state index in [1.54, 1.807) is 0 Å². The van der Waals surface area contributed by atoms with Crippen molar-refractivity contribution in [2.45, 2.75) is 38.1 Å². The molecule has 0 saturated carbocycles. The first-order valence-electron chi connectivity index (χ1n) is 6.58. The second kappa shape index (κ2) is 11.9. The monoisotopic (exact) mass is 321 g/mol. The Labute approximate surface area is 130 Å². The molecule has 0 bridgehead atoms. The number of thiol groups is 2. The third-order valence-electron chi connectivity index (χ3n) is 2.60. The summed E-state index contributed by atoms with van der Waals surface area (Å²) in [5.74, 6) is 0.136. The van der Waals surface area contributed by atoms with E-state index in [0.29, 0.717) is 37.3 Å². The molecular weight excluding hydrogens is 298 g/mol. The number of carbonyl (C=O) groups is 3. The maximum absolute atomic E-state index is 11.4. The molecule has 6 nitrogen and oxygen atoms in total. The van der Waals surface area contributed by atoms with Gasteiger partial charge in [0.2, 0.25) is 17.7 Å². The van der Waals surface area contributed by atoms with E-state index in [2.05, 4.69) is 35.9 Å². The zero-order valence-corrected chi connectivity index (χ0v) is 13.2. The SMILES string of the molecule is NC(=O)C(CCCCNC(=O)CCS)NC(=O)CCS. The quantitative estimate of drug-likeness (QED) is 0.271. The van der Waals surface area contributed by atoms with Crippen molar-refractivity contribution in [3.05, 3.63) is 0 Å². The molecule has 0 fully saturated rings. The highest BCUT2D eigenvalue weighted by Crippen LogP contribution is 2.01.